The number of fused-ring (bicyclic) bond motifs is 3. The van der Waals surface area contributed by atoms with Crippen LogP contribution in [0.3, 0.4) is 0 Å². The van der Waals surface area contributed by atoms with Gasteiger partial charge in [0.1, 0.15) is 28.5 Å². The minimum absolute atomic E-state index is 0.0232. The number of carboxylic acid groups (broad SMARTS) is 1. The van der Waals surface area contributed by atoms with Crippen LogP contribution < -0.4 is 5.32 Å². The molecule has 2 amide bonds. The molecule has 35 heavy (non-hydrogen) atoms. The van der Waals surface area contributed by atoms with Crippen molar-refractivity contribution in [2.75, 3.05) is 25.7 Å². The van der Waals surface area contributed by atoms with Gasteiger partial charge < -0.3 is 20.1 Å². The van der Waals surface area contributed by atoms with Crippen molar-refractivity contribution in [1.82, 2.24) is 10.2 Å². The Labute approximate surface area is 205 Å². The zero-order valence-electron chi connectivity index (χ0n) is 19.9. The number of sulfone groups is 1. The molecular weight excluding hydrogens is 472 g/mol. The van der Waals surface area contributed by atoms with Crippen molar-refractivity contribution in [3.8, 4) is 11.1 Å². The minimum Gasteiger partial charge on any atom is -0.480 e. The number of carbonyl (C=O) groups is 3. The van der Waals surface area contributed by atoms with Crippen molar-refractivity contribution < 1.29 is 32.6 Å². The van der Waals surface area contributed by atoms with E-state index in [-0.39, 0.29) is 31.1 Å². The summed E-state index contributed by atoms with van der Waals surface area (Å²) in [4.78, 5) is 38.2. The lowest BCUT2D eigenvalue weighted by atomic mass is 9.98. The predicted molar refractivity (Wildman–Crippen MR) is 131 cm³/mol. The van der Waals surface area contributed by atoms with Crippen molar-refractivity contribution in [2.24, 2.45) is 0 Å². The molecule has 1 aliphatic rings. The molecule has 0 heterocycles. The fraction of sp³-hybridized carbons (Fsp3) is 0.400. The molecule has 10 heteroatoms. The van der Waals surface area contributed by atoms with E-state index in [2.05, 4.69) is 5.32 Å². The maximum Gasteiger partial charge on any atom is 0.407 e. The third-order valence-electron chi connectivity index (χ3n) is 6.20. The zero-order chi connectivity index (χ0) is 25.8. The summed E-state index contributed by atoms with van der Waals surface area (Å²) in [7, 11) is -2.11. The predicted octanol–water partition coefficient (Wildman–Crippen LogP) is 2.65. The third kappa shape index (κ3) is 6.19. The number of nitrogens with one attached hydrogen (secondary N) is 1. The van der Waals surface area contributed by atoms with Gasteiger partial charge in [0, 0.05) is 19.2 Å². The Morgan fingerprint density at radius 3 is 2.09 bits per heavy atom. The Hall–Kier alpha value is -3.40. The van der Waals surface area contributed by atoms with E-state index in [1.165, 1.54) is 7.05 Å². The Morgan fingerprint density at radius 2 is 1.60 bits per heavy atom. The molecule has 3 rings (SSSR count). The summed E-state index contributed by atoms with van der Waals surface area (Å²) in [6.45, 7) is 1.64. The lowest BCUT2D eigenvalue weighted by molar-refractivity contribution is -0.149. The fourth-order valence-electron chi connectivity index (χ4n) is 4.39. The van der Waals surface area contributed by atoms with Crippen molar-refractivity contribution in [1.29, 1.82) is 0 Å². The lowest BCUT2D eigenvalue weighted by Gasteiger charge is -2.28. The monoisotopic (exact) mass is 502 g/mol. The molecule has 188 valence electrons. The minimum atomic E-state index is -3.43. The Balaban J connectivity index is 1.73. The van der Waals surface area contributed by atoms with Crippen LogP contribution >= 0.6 is 0 Å². The van der Waals surface area contributed by atoms with Gasteiger partial charge in [0.2, 0.25) is 5.91 Å². The highest BCUT2D eigenvalue weighted by molar-refractivity contribution is 7.90. The number of amides is 2. The number of ether oxygens (including phenoxy) is 1. The van der Waals surface area contributed by atoms with Crippen LogP contribution in [0.5, 0.6) is 0 Å². The summed E-state index contributed by atoms with van der Waals surface area (Å²) in [6, 6.07) is 13.3. The molecule has 0 aliphatic heterocycles. The Kier molecular flexibility index (Phi) is 8.16. The number of alkyl carbamates (subject to hydrolysis) is 1. The summed E-state index contributed by atoms with van der Waals surface area (Å²) >= 11 is 0. The number of carbonyl (C=O) groups excluding carboxylic acids is 2. The molecule has 0 radical (unpaired) electrons. The number of carboxylic acids is 1. The van der Waals surface area contributed by atoms with Gasteiger partial charge in [-0.2, -0.15) is 0 Å². The van der Waals surface area contributed by atoms with Gasteiger partial charge in [0.25, 0.3) is 0 Å². The van der Waals surface area contributed by atoms with Crippen molar-refractivity contribution in [2.45, 2.75) is 37.8 Å². The van der Waals surface area contributed by atoms with Crippen LogP contribution in [0.25, 0.3) is 11.1 Å². The van der Waals surface area contributed by atoms with Gasteiger partial charge in [-0.3, -0.25) is 4.79 Å². The number of hydrogen-bond acceptors (Lipinski definition) is 6. The number of rotatable bonds is 10. The molecule has 1 aliphatic carbocycles. The molecule has 0 saturated heterocycles. The van der Waals surface area contributed by atoms with Gasteiger partial charge in [-0.15, -0.1) is 0 Å². The molecule has 0 saturated carbocycles. The molecule has 2 atom stereocenters. The molecule has 2 N–H and O–H groups in total. The molecule has 0 spiro atoms. The van der Waals surface area contributed by atoms with E-state index in [0.29, 0.717) is 0 Å². The van der Waals surface area contributed by atoms with Crippen molar-refractivity contribution in [3.05, 3.63) is 59.7 Å². The van der Waals surface area contributed by atoms with E-state index in [1.54, 1.807) is 6.92 Å². The summed E-state index contributed by atoms with van der Waals surface area (Å²) in [6.07, 6.45) is 0.0943. The summed E-state index contributed by atoms with van der Waals surface area (Å²) < 4.78 is 28.8. The second kappa shape index (κ2) is 10.9. The summed E-state index contributed by atoms with van der Waals surface area (Å²) in [5.74, 6) is -2.43. The average Bonchev–Trinajstić information content (AvgIpc) is 3.13. The first-order valence-electron chi connectivity index (χ1n) is 11.3. The van der Waals surface area contributed by atoms with Crippen molar-refractivity contribution >= 4 is 27.8 Å². The largest absolute Gasteiger partial charge is 0.480 e. The van der Waals surface area contributed by atoms with E-state index in [9.17, 15) is 27.9 Å². The van der Waals surface area contributed by atoms with E-state index < -0.39 is 39.9 Å². The number of aliphatic carboxylic acids is 1. The maximum atomic E-state index is 13.0. The van der Waals surface area contributed by atoms with E-state index in [0.717, 1.165) is 33.4 Å². The molecule has 0 aromatic heterocycles. The van der Waals surface area contributed by atoms with Crippen LogP contribution in [-0.2, 0) is 24.2 Å². The van der Waals surface area contributed by atoms with Crippen LogP contribution in [0, 0.1) is 0 Å². The first-order valence-corrected chi connectivity index (χ1v) is 13.4. The Bertz CT molecular complexity index is 1170. The molecular formula is C25H30N2O7S. The van der Waals surface area contributed by atoms with Crippen LogP contribution in [0.2, 0.25) is 0 Å². The number of nitrogens with zero attached hydrogens (tertiary/aromatic N) is 1. The third-order valence-corrected chi connectivity index (χ3v) is 7.18. The van der Waals surface area contributed by atoms with Crippen LogP contribution in [-0.4, -0.2) is 74.1 Å². The first-order chi connectivity index (χ1) is 16.5. The lowest BCUT2D eigenvalue weighted by Crippen LogP contribution is -2.52. The molecule has 2 unspecified atom stereocenters. The van der Waals surface area contributed by atoms with Crippen LogP contribution in [0.4, 0.5) is 4.79 Å². The fourth-order valence-corrected chi connectivity index (χ4v) is 5.05. The SMILES string of the molecule is CCC(C(=O)O)N(C)C(=O)C(CCS(C)(=O)=O)NC(=O)OCC1c2ccccc2-c2ccccc21. The number of benzene rings is 2. The summed E-state index contributed by atoms with van der Waals surface area (Å²) in [5.41, 5.74) is 4.19. The van der Waals surface area contributed by atoms with Gasteiger partial charge in [-0.1, -0.05) is 55.5 Å². The number of hydrogen-bond donors (Lipinski definition) is 2. The molecule has 9 nitrogen and oxygen atoms in total. The Morgan fingerprint density at radius 1 is 1.06 bits per heavy atom. The topological polar surface area (TPSA) is 130 Å². The highest BCUT2D eigenvalue weighted by Gasteiger charge is 2.33. The smallest absolute Gasteiger partial charge is 0.407 e. The van der Waals surface area contributed by atoms with Gasteiger partial charge >= 0.3 is 12.1 Å². The van der Waals surface area contributed by atoms with E-state index in [4.69, 9.17) is 4.74 Å². The molecule has 0 bridgehead atoms. The maximum absolute atomic E-state index is 13.0. The van der Waals surface area contributed by atoms with Gasteiger partial charge in [0.15, 0.2) is 0 Å². The standard InChI is InChI=1S/C25H30N2O7S/c1-4-22(24(29)30)27(2)23(28)21(13-14-35(3,32)33)26-25(31)34-15-20-18-11-7-5-9-16(18)17-10-6-8-12-19(17)20/h5-12,20-22H,4,13-15H2,1-3H3,(H,26,31)(H,29,30). The van der Waals surface area contributed by atoms with Crippen molar-refractivity contribution in [3.63, 3.8) is 0 Å². The van der Waals surface area contributed by atoms with Gasteiger partial charge in [-0.05, 0) is 35.1 Å². The average molecular weight is 503 g/mol. The second-order valence-corrected chi connectivity index (χ2v) is 10.9. The normalized spacial score (nSPS) is 14.4. The second-order valence-electron chi connectivity index (χ2n) is 8.65. The van der Waals surface area contributed by atoms with Gasteiger partial charge in [-0.25, -0.2) is 18.0 Å². The highest BCUT2D eigenvalue weighted by Crippen LogP contribution is 2.44. The first kappa shape index (κ1) is 26.2. The van der Waals surface area contributed by atoms with Crippen LogP contribution in [0.15, 0.2) is 48.5 Å². The van der Waals surface area contributed by atoms with Crippen LogP contribution in [0.1, 0.15) is 36.8 Å². The highest BCUT2D eigenvalue weighted by atomic mass is 32.2. The quantitative estimate of drug-likeness (QED) is 0.511. The summed E-state index contributed by atoms with van der Waals surface area (Å²) in [5, 5.41) is 11.8. The molecule has 2 aromatic carbocycles. The zero-order valence-corrected chi connectivity index (χ0v) is 20.7. The van der Waals surface area contributed by atoms with E-state index >= 15 is 0 Å². The molecule has 2 aromatic rings. The molecule has 0 fully saturated rings. The number of likely N-dealkylation sites (N-methyl/N-ethyl adjacent to an activating group) is 1. The van der Waals surface area contributed by atoms with E-state index in [1.807, 2.05) is 48.5 Å². The van der Waals surface area contributed by atoms with Gasteiger partial charge in [0.05, 0.1) is 5.75 Å².